The van der Waals surface area contributed by atoms with E-state index in [2.05, 4.69) is 20.8 Å². The van der Waals surface area contributed by atoms with Crippen LogP contribution in [0.3, 0.4) is 0 Å². The van der Waals surface area contributed by atoms with Crippen LogP contribution >= 0.6 is 0 Å². The summed E-state index contributed by atoms with van der Waals surface area (Å²) in [7, 11) is 0. The fourth-order valence-electron chi connectivity index (χ4n) is 1.67. The van der Waals surface area contributed by atoms with Crippen LogP contribution in [0.25, 0.3) is 0 Å². The number of hydrogen-bond acceptors (Lipinski definition) is 3. The van der Waals surface area contributed by atoms with Crippen molar-refractivity contribution in [3.63, 3.8) is 0 Å². The highest BCUT2D eigenvalue weighted by atomic mass is 16.5. The van der Waals surface area contributed by atoms with Crippen molar-refractivity contribution in [3.8, 4) is 0 Å². The van der Waals surface area contributed by atoms with Crippen molar-refractivity contribution >= 4 is 0 Å². The standard InChI is InChI=1S/C12H25NO2/c1-12(2,3)6-7-14-9-11-5-4-10(8-13)15-11/h10-11H,4-9,13H2,1-3H3. The summed E-state index contributed by atoms with van der Waals surface area (Å²) >= 11 is 0. The molecule has 1 heterocycles. The molecule has 1 saturated heterocycles. The third-order valence-corrected chi connectivity index (χ3v) is 2.76. The fourth-order valence-corrected chi connectivity index (χ4v) is 1.67. The summed E-state index contributed by atoms with van der Waals surface area (Å²) in [5, 5.41) is 0. The molecule has 3 nitrogen and oxygen atoms in total. The molecule has 0 aliphatic carbocycles. The fraction of sp³-hybridized carbons (Fsp3) is 1.00. The van der Waals surface area contributed by atoms with E-state index in [0.717, 1.165) is 32.5 Å². The molecule has 1 aliphatic rings. The Bertz CT molecular complexity index is 177. The Kier molecular flexibility index (Phi) is 5.03. The minimum absolute atomic E-state index is 0.265. The van der Waals surface area contributed by atoms with E-state index in [9.17, 15) is 0 Å². The molecule has 3 heteroatoms. The van der Waals surface area contributed by atoms with Crippen LogP contribution < -0.4 is 5.73 Å². The third-order valence-electron chi connectivity index (χ3n) is 2.76. The predicted molar refractivity (Wildman–Crippen MR) is 61.8 cm³/mol. The number of nitrogens with two attached hydrogens (primary N) is 1. The van der Waals surface area contributed by atoms with E-state index in [1.165, 1.54) is 0 Å². The lowest BCUT2D eigenvalue weighted by molar-refractivity contribution is -0.0164. The van der Waals surface area contributed by atoms with Gasteiger partial charge < -0.3 is 15.2 Å². The van der Waals surface area contributed by atoms with Crippen LogP contribution in [0.15, 0.2) is 0 Å². The molecule has 0 amide bonds. The normalized spacial score (nSPS) is 27.2. The van der Waals surface area contributed by atoms with Crippen molar-refractivity contribution in [3.05, 3.63) is 0 Å². The smallest absolute Gasteiger partial charge is 0.0813 e. The summed E-state index contributed by atoms with van der Waals surface area (Å²) < 4.78 is 11.3. The van der Waals surface area contributed by atoms with E-state index in [1.807, 2.05) is 0 Å². The first kappa shape index (κ1) is 12.9. The Hall–Kier alpha value is -0.120. The van der Waals surface area contributed by atoms with E-state index in [0.29, 0.717) is 12.0 Å². The SMILES string of the molecule is CC(C)(C)CCOCC1CCC(CN)O1. The third kappa shape index (κ3) is 5.50. The van der Waals surface area contributed by atoms with Crippen LogP contribution in [-0.4, -0.2) is 32.0 Å². The van der Waals surface area contributed by atoms with Gasteiger partial charge >= 0.3 is 0 Å². The Morgan fingerprint density at radius 2 is 1.93 bits per heavy atom. The van der Waals surface area contributed by atoms with Gasteiger partial charge in [-0.2, -0.15) is 0 Å². The van der Waals surface area contributed by atoms with Crippen molar-refractivity contribution in [1.29, 1.82) is 0 Å². The maximum atomic E-state index is 5.69. The van der Waals surface area contributed by atoms with Gasteiger partial charge in [0.15, 0.2) is 0 Å². The van der Waals surface area contributed by atoms with Crippen molar-refractivity contribution in [2.24, 2.45) is 11.1 Å². The summed E-state index contributed by atoms with van der Waals surface area (Å²) in [4.78, 5) is 0. The van der Waals surface area contributed by atoms with Gasteiger partial charge in [0, 0.05) is 13.2 Å². The first-order valence-corrected chi connectivity index (χ1v) is 5.94. The van der Waals surface area contributed by atoms with Gasteiger partial charge in [-0.25, -0.2) is 0 Å². The second-order valence-corrected chi connectivity index (χ2v) is 5.58. The lowest BCUT2D eigenvalue weighted by Gasteiger charge is -2.19. The van der Waals surface area contributed by atoms with E-state index in [4.69, 9.17) is 15.2 Å². The summed E-state index contributed by atoms with van der Waals surface area (Å²) in [5.41, 5.74) is 5.90. The van der Waals surface area contributed by atoms with Crippen LogP contribution in [0.4, 0.5) is 0 Å². The lowest BCUT2D eigenvalue weighted by Crippen LogP contribution is -2.23. The molecule has 0 radical (unpaired) electrons. The van der Waals surface area contributed by atoms with E-state index >= 15 is 0 Å². The molecule has 0 spiro atoms. The molecule has 0 aromatic heterocycles. The maximum absolute atomic E-state index is 5.69. The molecule has 1 aliphatic heterocycles. The van der Waals surface area contributed by atoms with Crippen LogP contribution in [0.2, 0.25) is 0 Å². The summed E-state index contributed by atoms with van der Waals surface area (Å²) in [5.74, 6) is 0. The first-order valence-electron chi connectivity index (χ1n) is 5.94. The molecular formula is C12H25NO2. The quantitative estimate of drug-likeness (QED) is 0.713. The van der Waals surface area contributed by atoms with Gasteiger partial charge in [-0.3, -0.25) is 0 Å². The second-order valence-electron chi connectivity index (χ2n) is 5.58. The van der Waals surface area contributed by atoms with E-state index in [1.54, 1.807) is 0 Å². The maximum Gasteiger partial charge on any atom is 0.0813 e. The number of rotatable bonds is 5. The molecule has 2 atom stereocenters. The Labute approximate surface area is 93.3 Å². The van der Waals surface area contributed by atoms with Gasteiger partial charge in [-0.15, -0.1) is 0 Å². The predicted octanol–water partition coefficient (Wildman–Crippen LogP) is 1.95. The zero-order chi connectivity index (χ0) is 11.3. The summed E-state index contributed by atoms with van der Waals surface area (Å²) in [6.45, 7) is 8.88. The van der Waals surface area contributed by atoms with Gasteiger partial charge in [0.2, 0.25) is 0 Å². The topological polar surface area (TPSA) is 44.5 Å². The number of hydrogen-bond donors (Lipinski definition) is 1. The zero-order valence-corrected chi connectivity index (χ0v) is 10.3. The molecule has 2 N–H and O–H groups in total. The molecule has 0 aromatic carbocycles. The molecule has 90 valence electrons. The average Bonchev–Trinajstić information content (AvgIpc) is 2.59. The van der Waals surface area contributed by atoms with E-state index in [-0.39, 0.29) is 12.2 Å². The van der Waals surface area contributed by atoms with Crippen molar-refractivity contribution in [2.45, 2.75) is 52.2 Å². The molecule has 1 fully saturated rings. The molecular weight excluding hydrogens is 190 g/mol. The van der Waals surface area contributed by atoms with Crippen LogP contribution in [-0.2, 0) is 9.47 Å². The largest absolute Gasteiger partial charge is 0.379 e. The van der Waals surface area contributed by atoms with Crippen LogP contribution in [0, 0.1) is 5.41 Å². The highest BCUT2D eigenvalue weighted by molar-refractivity contribution is 4.73. The van der Waals surface area contributed by atoms with Crippen molar-refractivity contribution in [1.82, 2.24) is 0 Å². The van der Waals surface area contributed by atoms with Gasteiger partial charge in [-0.05, 0) is 24.7 Å². The minimum Gasteiger partial charge on any atom is -0.379 e. The van der Waals surface area contributed by atoms with Crippen molar-refractivity contribution < 1.29 is 9.47 Å². The van der Waals surface area contributed by atoms with Gasteiger partial charge in [-0.1, -0.05) is 20.8 Å². The Balaban J connectivity index is 2.02. The molecule has 2 unspecified atom stereocenters. The summed E-state index contributed by atoms with van der Waals surface area (Å²) in [6.07, 6.45) is 3.82. The zero-order valence-electron chi connectivity index (χ0n) is 10.3. The highest BCUT2D eigenvalue weighted by Gasteiger charge is 2.24. The van der Waals surface area contributed by atoms with Crippen molar-refractivity contribution in [2.75, 3.05) is 19.8 Å². The summed E-state index contributed by atoms with van der Waals surface area (Å²) in [6, 6.07) is 0. The monoisotopic (exact) mass is 215 g/mol. The molecule has 0 aromatic rings. The Morgan fingerprint density at radius 3 is 2.47 bits per heavy atom. The second kappa shape index (κ2) is 5.83. The molecule has 0 bridgehead atoms. The minimum atomic E-state index is 0.265. The van der Waals surface area contributed by atoms with Crippen LogP contribution in [0.1, 0.15) is 40.0 Å². The molecule has 15 heavy (non-hydrogen) atoms. The highest BCUT2D eigenvalue weighted by Crippen LogP contribution is 2.20. The van der Waals surface area contributed by atoms with Gasteiger partial charge in [0.25, 0.3) is 0 Å². The first-order chi connectivity index (χ1) is 7.01. The Morgan fingerprint density at radius 1 is 1.27 bits per heavy atom. The number of ether oxygens (including phenoxy) is 2. The molecule has 0 saturated carbocycles. The van der Waals surface area contributed by atoms with E-state index < -0.39 is 0 Å². The molecule has 1 rings (SSSR count). The average molecular weight is 215 g/mol. The van der Waals surface area contributed by atoms with Gasteiger partial charge in [0.1, 0.15) is 0 Å². The van der Waals surface area contributed by atoms with Gasteiger partial charge in [0.05, 0.1) is 18.8 Å². The lowest BCUT2D eigenvalue weighted by atomic mass is 9.93. The van der Waals surface area contributed by atoms with Crippen LogP contribution in [0.5, 0.6) is 0 Å².